The fourth-order valence-electron chi connectivity index (χ4n) is 4.24. The molecular weight excluding hydrogens is 659 g/mol. The Morgan fingerprint density at radius 1 is 0.884 bits per heavy atom. The summed E-state index contributed by atoms with van der Waals surface area (Å²) in [6.07, 6.45) is 1.38. The number of anilines is 1. The Morgan fingerprint density at radius 2 is 1.63 bits per heavy atom. The van der Waals surface area contributed by atoms with E-state index in [4.69, 9.17) is 37.4 Å². The molecule has 4 aromatic rings. The van der Waals surface area contributed by atoms with Crippen LogP contribution in [0.3, 0.4) is 0 Å². The lowest BCUT2D eigenvalue weighted by molar-refractivity contribution is -0.122. The van der Waals surface area contributed by atoms with Gasteiger partial charge in [-0.25, -0.2) is 9.69 Å². The third-order valence-corrected chi connectivity index (χ3v) is 7.57. The van der Waals surface area contributed by atoms with Gasteiger partial charge in [0.15, 0.2) is 11.5 Å². The molecule has 218 valence electrons. The van der Waals surface area contributed by atoms with Crippen LogP contribution in [0.2, 0.25) is 10.0 Å². The molecule has 1 heterocycles. The molecule has 11 heteroatoms. The number of ether oxygens (including phenoxy) is 3. The summed E-state index contributed by atoms with van der Waals surface area (Å²) in [6.45, 7) is 0.502. The predicted molar refractivity (Wildman–Crippen MR) is 168 cm³/mol. The number of hydrogen-bond donors (Lipinski definition) is 1. The van der Waals surface area contributed by atoms with Gasteiger partial charge in [0, 0.05) is 15.6 Å². The number of amides is 4. The normalized spacial score (nSPS) is 14.1. The summed E-state index contributed by atoms with van der Waals surface area (Å²) in [6, 6.07) is 23.6. The van der Waals surface area contributed by atoms with Gasteiger partial charge in [0.05, 0.1) is 17.3 Å². The molecule has 5 rings (SSSR count). The molecule has 1 aliphatic rings. The van der Waals surface area contributed by atoms with Crippen molar-refractivity contribution in [3.05, 3.63) is 122 Å². The first-order valence-corrected chi connectivity index (χ1v) is 14.4. The van der Waals surface area contributed by atoms with Gasteiger partial charge in [-0.15, -0.1) is 0 Å². The number of methoxy groups -OCH3 is 1. The number of nitrogens with zero attached hydrogens (tertiary/aromatic N) is 1. The van der Waals surface area contributed by atoms with Crippen molar-refractivity contribution in [2.24, 2.45) is 0 Å². The minimum Gasteiger partial charge on any atom is -0.493 e. The van der Waals surface area contributed by atoms with E-state index in [2.05, 4.69) is 21.2 Å². The number of hydrogen-bond acceptors (Lipinski definition) is 6. The number of rotatable bonds is 9. The number of urea groups is 1. The molecule has 43 heavy (non-hydrogen) atoms. The molecule has 1 aliphatic heterocycles. The van der Waals surface area contributed by atoms with Gasteiger partial charge >= 0.3 is 6.03 Å². The van der Waals surface area contributed by atoms with E-state index >= 15 is 0 Å². The van der Waals surface area contributed by atoms with E-state index in [0.29, 0.717) is 43.9 Å². The Bertz CT molecular complexity index is 1730. The number of carbonyl (C=O) groups is 3. The van der Waals surface area contributed by atoms with Crippen molar-refractivity contribution in [2.75, 3.05) is 12.0 Å². The first-order chi connectivity index (χ1) is 20.7. The second-order valence-electron chi connectivity index (χ2n) is 9.28. The van der Waals surface area contributed by atoms with Crippen molar-refractivity contribution in [3.63, 3.8) is 0 Å². The van der Waals surface area contributed by atoms with E-state index in [1.165, 1.54) is 13.2 Å². The number of nitrogens with one attached hydrogen (secondary N) is 1. The molecule has 0 atom stereocenters. The van der Waals surface area contributed by atoms with Crippen LogP contribution in [0.25, 0.3) is 6.08 Å². The molecule has 4 amide bonds. The highest BCUT2D eigenvalue weighted by Crippen LogP contribution is 2.38. The van der Waals surface area contributed by atoms with E-state index in [0.717, 1.165) is 16.0 Å². The highest BCUT2D eigenvalue weighted by Gasteiger charge is 2.37. The number of carbonyl (C=O) groups excluding carboxylic acids is 3. The Balaban J connectivity index is 1.35. The molecule has 0 bridgehead atoms. The number of benzene rings is 4. The molecule has 0 radical (unpaired) electrons. The molecule has 0 aromatic heterocycles. The average Bonchev–Trinajstić information content (AvgIpc) is 2.99. The molecule has 4 aromatic carbocycles. The summed E-state index contributed by atoms with van der Waals surface area (Å²) in [5.74, 6) is -0.307. The fourth-order valence-corrected chi connectivity index (χ4v) is 5.28. The van der Waals surface area contributed by atoms with Gasteiger partial charge in [-0.05, 0) is 81.7 Å². The molecule has 1 N–H and O–H groups in total. The number of halogens is 3. The highest BCUT2D eigenvalue weighted by atomic mass is 79.9. The second kappa shape index (κ2) is 13.3. The summed E-state index contributed by atoms with van der Waals surface area (Å²) in [5.41, 5.74) is 2.21. The van der Waals surface area contributed by atoms with Crippen LogP contribution in [-0.2, 0) is 22.8 Å². The summed E-state index contributed by atoms with van der Waals surface area (Å²) in [7, 11) is 1.47. The third kappa shape index (κ3) is 7.02. The zero-order valence-corrected chi connectivity index (χ0v) is 25.7. The maximum Gasteiger partial charge on any atom is 0.335 e. The summed E-state index contributed by atoms with van der Waals surface area (Å²) >= 11 is 15.7. The predicted octanol–water partition coefficient (Wildman–Crippen LogP) is 7.59. The molecule has 8 nitrogen and oxygen atoms in total. The first kappa shape index (κ1) is 30.2. The van der Waals surface area contributed by atoms with Gasteiger partial charge in [0.2, 0.25) is 0 Å². The van der Waals surface area contributed by atoms with Crippen LogP contribution in [0.1, 0.15) is 16.7 Å². The van der Waals surface area contributed by atoms with Crippen LogP contribution in [0, 0.1) is 0 Å². The quantitative estimate of drug-likeness (QED) is 0.145. The van der Waals surface area contributed by atoms with E-state index in [1.54, 1.807) is 54.6 Å². The minimum atomic E-state index is -0.853. The number of imide groups is 2. The van der Waals surface area contributed by atoms with Gasteiger partial charge in [-0.2, -0.15) is 0 Å². The van der Waals surface area contributed by atoms with Crippen LogP contribution in [0.4, 0.5) is 10.5 Å². The molecule has 0 unspecified atom stereocenters. The molecule has 0 spiro atoms. The van der Waals surface area contributed by atoms with Crippen LogP contribution in [0.15, 0.2) is 95.0 Å². The Kier molecular flexibility index (Phi) is 9.35. The van der Waals surface area contributed by atoms with Crippen molar-refractivity contribution in [1.29, 1.82) is 0 Å². The van der Waals surface area contributed by atoms with Crippen molar-refractivity contribution < 1.29 is 28.6 Å². The molecule has 0 aliphatic carbocycles. The SMILES string of the molecule is COc1cc(/C=C2\C(=O)NC(=O)N(c3ccc(OCc4ccccc4)cc3)C2=O)cc(Br)c1OCc1ccc(Cl)cc1Cl. The zero-order valence-electron chi connectivity index (χ0n) is 22.6. The van der Waals surface area contributed by atoms with Crippen LogP contribution >= 0.6 is 39.1 Å². The van der Waals surface area contributed by atoms with Crippen LogP contribution < -0.4 is 24.4 Å². The summed E-state index contributed by atoms with van der Waals surface area (Å²) in [5, 5.41) is 3.20. The molecular formula is C32H23BrCl2N2O6. The maximum absolute atomic E-state index is 13.4. The van der Waals surface area contributed by atoms with Gasteiger partial charge < -0.3 is 14.2 Å². The molecule has 1 fully saturated rings. The van der Waals surface area contributed by atoms with Gasteiger partial charge in [-0.1, -0.05) is 59.6 Å². The van der Waals surface area contributed by atoms with E-state index in [1.807, 2.05) is 30.3 Å². The molecule has 1 saturated heterocycles. The van der Waals surface area contributed by atoms with Gasteiger partial charge in [0.25, 0.3) is 11.8 Å². The van der Waals surface area contributed by atoms with Gasteiger partial charge in [-0.3, -0.25) is 14.9 Å². The van der Waals surface area contributed by atoms with Gasteiger partial charge in [0.1, 0.15) is 24.5 Å². The minimum absolute atomic E-state index is 0.138. The van der Waals surface area contributed by atoms with Crippen LogP contribution in [0.5, 0.6) is 17.2 Å². The lowest BCUT2D eigenvalue weighted by atomic mass is 10.1. The lowest BCUT2D eigenvalue weighted by Gasteiger charge is -2.26. The van der Waals surface area contributed by atoms with E-state index < -0.39 is 17.8 Å². The van der Waals surface area contributed by atoms with Crippen molar-refractivity contribution in [1.82, 2.24) is 5.32 Å². The first-order valence-electron chi connectivity index (χ1n) is 12.9. The van der Waals surface area contributed by atoms with Crippen molar-refractivity contribution in [3.8, 4) is 17.2 Å². The maximum atomic E-state index is 13.4. The monoisotopic (exact) mass is 680 g/mol. The van der Waals surface area contributed by atoms with E-state index in [9.17, 15) is 14.4 Å². The summed E-state index contributed by atoms with van der Waals surface area (Å²) < 4.78 is 17.8. The van der Waals surface area contributed by atoms with Crippen molar-refractivity contribution in [2.45, 2.75) is 13.2 Å². The zero-order chi connectivity index (χ0) is 30.5. The Morgan fingerprint density at radius 3 is 2.33 bits per heavy atom. The highest BCUT2D eigenvalue weighted by molar-refractivity contribution is 9.10. The largest absolute Gasteiger partial charge is 0.493 e. The second-order valence-corrected chi connectivity index (χ2v) is 11.0. The van der Waals surface area contributed by atoms with Crippen LogP contribution in [-0.4, -0.2) is 25.0 Å². The molecule has 0 saturated carbocycles. The van der Waals surface area contributed by atoms with Crippen molar-refractivity contribution >= 4 is 68.7 Å². The lowest BCUT2D eigenvalue weighted by Crippen LogP contribution is -2.54. The Labute approximate surface area is 265 Å². The standard InChI is InChI=1S/C32H23BrCl2N2O6/c1-41-28-15-20(14-26(33)29(28)43-18-21-7-8-22(34)16-27(21)35)13-25-30(38)36-32(40)37(31(25)39)23-9-11-24(12-10-23)42-17-19-5-3-2-4-6-19/h2-16H,17-18H2,1H3,(H,36,38,40)/b25-13+. The smallest absolute Gasteiger partial charge is 0.335 e. The van der Waals surface area contributed by atoms with E-state index in [-0.39, 0.29) is 17.9 Å². The summed E-state index contributed by atoms with van der Waals surface area (Å²) in [4.78, 5) is 39.7. The Hall–Kier alpha value is -4.31. The average molecular weight is 682 g/mol. The number of barbiturate groups is 1. The fraction of sp³-hybridized carbons (Fsp3) is 0.0938. The topological polar surface area (TPSA) is 94.2 Å². The third-order valence-electron chi connectivity index (χ3n) is 6.39.